The first-order valence-electron chi connectivity index (χ1n) is 5.77. The van der Waals surface area contributed by atoms with Gasteiger partial charge in [-0.15, -0.1) is 0 Å². The maximum atomic E-state index is 12.1. The first-order valence-corrected chi connectivity index (χ1v) is 7.09. The minimum absolute atomic E-state index is 0.539. The number of piperidine rings is 1. The van der Waals surface area contributed by atoms with Gasteiger partial charge < -0.3 is 5.32 Å². The van der Waals surface area contributed by atoms with E-state index in [1.807, 2.05) is 19.1 Å². The molecule has 1 aromatic rings. The molecule has 0 unspecified atom stereocenters. The van der Waals surface area contributed by atoms with Gasteiger partial charge in [0.2, 0.25) is 0 Å². The molecule has 0 aliphatic carbocycles. The topological polar surface area (TPSA) is 42.0 Å². The number of pyridine rings is 1. The molecule has 0 saturated carbocycles. The molecule has 0 radical (unpaired) electrons. The van der Waals surface area contributed by atoms with Crippen LogP contribution in [-0.4, -0.2) is 28.0 Å². The van der Waals surface area contributed by atoms with Gasteiger partial charge in [-0.05, 0) is 56.5 Å². The van der Waals surface area contributed by atoms with Crippen LogP contribution in [0.15, 0.2) is 23.4 Å². The van der Waals surface area contributed by atoms with Gasteiger partial charge in [-0.25, -0.2) is 4.98 Å². The molecule has 0 bridgehead atoms. The molecule has 1 N–H and O–H groups in total. The first kappa shape index (κ1) is 11.7. The second-order valence-corrected chi connectivity index (χ2v) is 5.84. The van der Waals surface area contributed by atoms with Crippen LogP contribution in [0.25, 0.3) is 0 Å². The summed E-state index contributed by atoms with van der Waals surface area (Å²) in [6, 6.07) is 3.86. The standard InChI is InChI=1S/C12H18N2OS/c1-10-4-6-14-12(7-10)16(15)9-11-3-2-5-13-8-11/h4,6-7,11,13H,2-3,5,8-9H2,1H3/t11-,16+/m0/s1. The van der Waals surface area contributed by atoms with Gasteiger partial charge in [-0.1, -0.05) is 0 Å². The van der Waals surface area contributed by atoms with Crippen molar-refractivity contribution in [2.75, 3.05) is 18.8 Å². The Kier molecular flexibility index (Phi) is 4.07. The van der Waals surface area contributed by atoms with Crippen LogP contribution in [0.5, 0.6) is 0 Å². The lowest BCUT2D eigenvalue weighted by molar-refractivity contribution is 0.408. The first-order chi connectivity index (χ1) is 7.75. The van der Waals surface area contributed by atoms with Gasteiger partial charge in [-0.2, -0.15) is 0 Å². The Hall–Kier alpha value is -0.740. The highest BCUT2D eigenvalue weighted by atomic mass is 32.2. The summed E-state index contributed by atoms with van der Waals surface area (Å²) in [5.74, 6) is 1.28. The van der Waals surface area contributed by atoms with Crippen LogP contribution in [0.2, 0.25) is 0 Å². The molecule has 1 saturated heterocycles. The number of nitrogens with zero attached hydrogens (tertiary/aromatic N) is 1. The summed E-state index contributed by atoms with van der Waals surface area (Å²) in [6.45, 7) is 4.11. The fourth-order valence-electron chi connectivity index (χ4n) is 2.00. The van der Waals surface area contributed by atoms with Crippen LogP contribution < -0.4 is 5.32 Å². The maximum Gasteiger partial charge on any atom is 0.127 e. The monoisotopic (exact) mass is 238 g/mol. The number of hydrogen-bond acceptors (Lipinski definition) is 3. The van der Waals surface area contributed by atoms with E-state index in [9.17, 15) is 4.21 Å². The van der Waals surface area contributed by atoms with E-state index >= 15 is 0 Å². The van der Waals surface area contributed by atoms with Crippen molar-refractivity contribution in [2.45, 2.75) is 24.8 Å². The molecule has 4 heteroatoms. The highest BCUT2D eigenvalue weighted by molar-refractivity contribution is 7.84. The average molecular weight is 238 g/mol. The van der Waals surface area contributed by atoms with Crippen LogP contribution >= 0.6 is 0 Å². The molecule has 88 valence electrons. The van der Waals surface area contributed by atoms with Gasteiger partial charge >= 0.3 is 0 Å². The number of nitrogens with one attached hydrogen (secondary N) is 1. The largest absolute Gasteiger partial charge is 0.316 e. The van der Waals surface area contributed by atoms with Crippen LogP contribution in [0.4, 0.5) is 0 Å². The van der Waals surface area contributed by atoms with Crippen LogP contribution in [-0.2, 0) is 10.8 Å². The third-order valence-electron chi connectivity index (χ3n) is 2.91. The van der Waals surface area contributed by atoms with E-state index in [2.05, 4.69) is 10.3 Å². The molecule has 0 spiro atoms. The Morgan fingerprint density at radius 2 is 2.50 bits per heavy atom. The highest BCUT2D eigenvalue weighted by Gasteiger charge is 2.17. The molecule has 3 nitrogen and oxygen atoms in total. The van der Waals surface area contributed by atoms with Crippen molar-refractivity contribution in [3.05, 3.63) is 23.9 Å². The van der Waals surface area contributed by atoms with Crippen molar-refractivity contribution in [1.82, 2.24) is 10.3 Å². The number of aryl methyl sites for hydroxylation is 1. The third kappa shape index (κ3) is 3.12. The Morgan fingerprint density at radius 1 is 1.62 bits per heavy atom. The van der Waals surface area contributed by atoms with E-state index in [1.165, 1.54) is 12.8 Å². The Bertz CT molecular complexity index is 375. The van der Waals surface area contributed by atoms with E-state index in [0.717, 1.165) is 29.4 Å². The summed E-state index contributed by atoms with van der Waals surface area (Å²) < 4.78 is 12.1. The van der Waals surface area contributed by atoms with Crippen LogP contribution in [0, 0.1) is 12.8 Å². The average Bonchev–Trinajstić information content (AvgIpc) is 2.30. The van der Waals surface area contributed by atoms with E-state index < -0.39 is 10.8 Å². The lowest BCUT2D eigenvalue weighted by atomic mass is 10.0. The molecule has 2 atom stereocenters. The summed E-state index contributed by atoms with van der Waals surface area (Å²) in [4.78, 5) is 4.18. The van der Waals surface area contributed by atoms with Crippen molar-refractivity contribution in [3.8, 4) is 0 Å². The zero-order valence-corrected chi connectivity index (χ0v) is 10.4. The normalized spacial score (nSPS) is 22.9. The number of hydrogen-bond donors (Lipinski definition) is 1. The summed E-state index contributed by atoms with van der Waals surface area (Å²) in [5, 5.41) is 4.08. The summed E-state index contributed by atoms with van der Waals surface area (Å²) in [5.41, 5.74) is 1.13. The highest BCUT2D eigenvalue weighted by Crippen LogP contribution is 2.14. The summed E-state index contributed by atoms with van der Waals surface area (Å²) in [7, 11) is -0.942. The minimum atomic E-state index is -0.942. The van der Waals surface area contributed by atoms with Crippen molar-refractivity contribution >= 4 is 10.8 Å². The number of rotatable bonds is 3. The Morgan fingerprint density at radius 3 is 3.19 bits per heavy atom. The van der Waals surface area contributed by atoms with Gasteiger partial charge in [0.1, 0.15) is 5.03 Å². The third-order valence-corrected chi connectivity index (χ3v) is 4.37. The fourth-order valence-corrected chi connectivity index (χ4v) is 3.38. The zero-order valence-electron chi connectivity index (χ0n) is 9.61. The van der Waals surface area contributed by atoms with Crippen molar-refractivity contribution in [3.63, 3.8) is 0 Å². The van der Waals surface area contributed by atoms with E-state index in [1.54, 1.807) is 6.20 Å². The molecule has 0 amide bonds. The quantitative estimate of drug-likeness (QED) is 0.867. The SMILES string of the molecule is Cc1ccnc([S@](=O)C[C@H]2CCCNC2)c1. The summed E-state index contributed by atoms with van der Waals surface area (Å²) in [6.07, 6.45) is 4.12. The molecule has 0 aromatic carbocycles. The van der Waals surface area contributed by atoms with Gasteiger partial charge in [0.25, 0.3) is 0 Å². The van der Waals surface area contributed by atoms with E-state index in [-0.39, 0.29) is 0 Å². The number of aromatic nitrogens is 1. The molecule has 1 aliphatic rings. The van der Waals surface area contributed by atoms with Crippen LogP contribution in [0.3, 0.4) is 0 Å². The van der Waals surface area contributed by atoms with E-state index in [0.29, 0.717) is 5.92 Å². The second-order valence-electron chi connectivity index (χ2n) is 4.40. The van der Waals surface area contributed by atoms with Crippen molar-refractivity contribution in [1.29, 1.82) is 0 Å². The molecule has 16 heavy (non-hydrogen) atoms. The van der Waals surface area contributed by atoms with Gasteiger partial charge in [0.05, 0.1) is 10.8 Å². The fraction of sp³-hybridized carbons (Fsp3) is 0.583. The van der Waals surface area contributed by atoms with Gasteiger partial charge in [-0.3, -0.25) is 4.21 Å². The van der Waals surface area contributed by atoms with Crippen LogP contribution in [0.1, 0.15) is 18.4 Å². The molecule has 1 aromatic heterocycles. The van der Waals surface area contributed by atoms with E-state index in [4.69, 9.17) is 0 Å². The zero-order chi connectivity index (χ0) is 11.4. The molecular formula is C12H18N2OS. The lowest BCUT2D eigenvalue weighted by Gasteiger charge is -2.21. The second kappa shape index (κ2) is 5.55. The minimum Gasteiger partial charge on any atom is -0.316 e. The molecule has 2 rings (SSSR count). The van der Waals surface area contributed by atoms with Gasteiger partial charge in [0, 0.05) is 11.9 Å². The summed E-state index contributed by atoms with van der Waals surface area (Å²) >= 11 is 0. The predicted molar refractivity (Wildman–Crippen MR) is 65.8 cm³/mol. The maximum absolute atomic E-state index is 12.1. The molecular weight excluding hydrogens is 220 g/mol. The Labute approximate surface area is 99.1 Å². The smallest absolute Gasteiger partial charge is 0.127 e. The molecule has 1 fully saturated rings. The van der Waals surface area contributed by atoms with Crippen molar-refractivity contribution < 1.29 is 4.21 Å². The molecule has 1 aliphatic heterocycles. The van der Waals surface area contributed by atoms with Crippen molar-refractivity contribution in [2.24, 2.45) is 5.92 Å². The van der Waals surface area contributed by atoms with Gasteiger partial charge in [0.15, 0.2) is 0 Å². The predicted octanol–water partition coefficient (Wildman–Crippen LogP) is 1.50. The molecule has 2 heterocycles. The lowest BCUT2D eigenvalue weighted by Crippen LogP contribution is -2.32. The Balaban J connectivity index is 1.97.